The van der Waals surface area contributed by atoms with Crippen molar-refractivity contribution in [2.75, 3.05) is 0 Å². The third kappa shape index (κ3) is 3.86. The van der Waals surface area contributed by atoms with E-state index in [4.69, 9.17) is 21.9 Å². The molecule has 0 aromatic heterocycles. The second kappa shape index (κ2) is 6.65. The third-order valence-corrected chi connectivity index (χ3v) is 3.08. The van der Waals surface area contributed by atoms with Crippen molar-refractivity contribution in [3.63, 3.8) is 0 Å². The molecule has 2 rings (SSSR count). The minimum Gasteiger partial charge on any atom is -0.456 e. The molecule has 0 unspecified atom stereocenters. The number of hydrogen-bond donors (Lipinski definition) is 0. The van der Waals surface area contributed by atoms with Crippen molar-refractivity contribution >= 4 is 23.0 Å². The van der Waals surface area contributed by atoms with Gasteiger partial charge in [0.25, 0.3) is 5.69 Å². The lowest BCUT2D eigenvalue weighted by Gasteiger charge is -2.11. The number of hydrogen-bond acceptors (Lipinski definition) is 4. The molecular weight excluding hydrogens is 353 g/mol. The minimum atomic E-state index is -4.55. The average Bonchev–Trinajstić information content (AvgIpc) is 2.48. The summed E-state index contributed by atoms with van der Waals surface area (Å²) in [4.78, 5) is 12.5. The zero-order valence-corrected chi connectivity index (χ0v) is 12.2. The van der Waals surface area contributed by atoms with E-state index in [1.807, 2.05) is 0 Å². The highest BCUT2D eigenvalue weighted by atomic mass is 35.5. The van der Waals surface area contributed by atoms with Crippen LogP contribution in [-0.2, 0) is 6.18 Å². The zero-order chi connectivity index (χ0) is 17.9. The van der Waals surface area contributed by atoms with Crippen LogP contribution in [0.5, 0.6) is 11.5 Å². The number of benzene rings is 2. The van der Waals surface area contributed by atoms with Crippen molar-refractivity contribution in [3.05, 3.63) is 67.5 Å². The zero-order valence-electron chi connectivity index (χ0n) is 11.5. The Morgan fingerprint density at radius 2 is 1.96 bits per heavy atom. The fourth-order valence-electron chi connectivity index (χ4n) is 1.74. The Morgan fingerprint density at radius 1 is 1.25 bits per heavy atom. The minimum absolute atomic E-state index is 0.00431. The highest BCUT2D eigenvalue weighted by molar-refractivity contribution is 6.32. The number of nitrogens with zero attached hydrogens (tertiary/aromatic N) is 4. The smallest absolute Gasteiger partial charge is 0.416 e. The maximum absolute atomic E-state index is 12.6. The fraction of sp³-hybridized carbons (Fsp3) is 0.0769. The molecule has 124 valence electrons. The lowest BCUT2D eigenvalue weighted by atomic mass is 10.2. The summed E-state index contributed by atoms with van der Waals surface area (Å²) >= 11 is 5.75. The van der Waals surface area contributed by atoms with Gasteiger partial charge in [-0.1, -0.05) is 16.7 Å². The molecule has 2 aromatic carbocycles. The number of nitro benzene ring substituents is 1. The Labute approximate surface area is 137 Å². The Morgan fingerprint density at radius 3 is 2.50 bits per heavy atom. The van der Waals surface area contributed by atoms with Crippen LogP contribution in [0, 0.1) is 10.1 Å². The van der Waals surface area contributed by atoms with E-state index in [9.17, 15) is 23.3 Å². The molecule has 0 amide bonds. The van der Waals surface area contributed by atoms with E-state index in [-0.39, 0.29) is 22.2 Å². The number of rotatable bonds is 4. The summed E-state index contributed by atoms with van der Waals surface area (Å²) in [7, 11) is 0. The number of nitro groups is 1. The van der Waals surface area contributed by atoms with E-state index >= 15 is 0 Å². The summed E-state index contributed by atoms with van der Waals surface area (Å²) in [6, 6.07) is 5.79. The summed E-state index contributed by atoms with van der Waals surface area (Å²) in [5, 5.41) is 13.7. The predicted molar refractivity (Wildman–Crippen MR) is 78.4 cm³/mol. The van der Waals surface area contributed by atoms with Crippen molar-refractivity contribution in [3.8, 4) is 11.5 Å². The Bertz CT molecular complexity index is 851. The maximum Gasteiger partial charge on any atom is 0.416 e. The first-order chi connectivity index (χ1) is 11.2. The normalized spacial score (nSPS) is 10.8. The monoisotopic (exact) mass is 358 g/mol. The van der Waals surface area contributed by atoms with Crippen LogP contribution in [-0.4, -0.2) is 4.92 Å². The molecule has 11 heteroatoms. The summed E-state index contributed by atoms with van der Waals surface area (Å²) in [6.07, 6.45) is -4.55. The van der Waals surface area contributed by atoms with Crippen LogP contribution in [0.1, 0.15) is 5.56 Å². The molecule has 0 aliphatic carbocycles. The molecule has 0 saturated carbocycles. The van der Waals surface area contributed by atoms with Crippen LogP contribution < -0.4 is 4.74 Å². The van der Waals surface area contributed by atoms with E-state index in [1.54, 1.807) is 0 Å². The van der Waals surface area contributed by atoms with Gasteiger partial charge in [0.05, 0.1) is 15.5 Å². The van der Waals surface area contributed by atoms with Crippen molar-refractivity contribution in [1.82, 2.24) is 0 Å². The summed E-state index contributed by atoms with van der Waals surface area (Å²) in [6.45, 7) is 0. The quantitative estimate of drug-likeness (QED) is 0.220. The first kappa shape index (κ1) is 17.4. The molecule has 0 radical (unpaired) electrons. The molecule has 0 aliphatic heterocycles. The van der Waals surface area contributed by atoms with Gasteiger partial charge in [0, 0.05) is 11.0 Å². The van der Waals surface area contributed by atoms with Gasteiger partial charge in [0.2, 0.25) is 0 Å². The van der Waals surface area contributed by atoms with E-state index in [0.29, 0.717) is 6.07 Å². The van der Waals surface area contributed by atoms with Crippen LogP contribution in [0.15, 0.2) is 41.5 Å². The topological polar surface area (TPSA) is 101 Å². The summed E-state index contributed by atoms with van der Waals surface area (Å²) < 4.78 is 43.0. The van der Waals surface area contributed by atoms with Crippen LogP contribution in [0.3, 0.4) is 0 Å². The third-order valence-electron chi connectivity index (χ3n) is 2.78. The van der Waals surface area contributed by atoms with Crippen molar-refractivity contribution in [2.45, 2.75) is 6.18 Å². The van der Waals surface area contributed by atoms with Gasteiger partial charge >= 0.3 is 6.18 Å². The first-order valence-electron chi connectivity index (χ1n) is 6.10. The van der Waals surface area contributed by atoms with Gasteiger partial charge in [-0.15, -0.1) is 0 Å². The van der Waals surface area contributed by atoms with Crippen LogP contribution in [0.25, 0.3) is 10.4 Å². The molecule has 0 fully saturated rings. The highest BCUT2D eigenvalue weighted by Crippen LogP contribution is 2.38. The Kier molecular flexibility index (Phi) is 4.82. The maximum atomic E-state index is 12.6. The lowest BCUT2D eigenvalue weighted by Crippen LogP contribution is -2.04. The Hall–Kier alpha value is -2.97. The van der Waals surface area contributed by atoms with Gasteiger partial charge in [0.1, 0.15) is 17.2 Å². The first-order valence-corrected chi connectivity index (χ1v) is 6.48. The molecule has 7 nitrogen and oxygen atoms in total. The molecule has 0 saturated heterocycles. The van der Waals surface area contributed by atoms with Crippen molar-refractivity contribution in [2.24, 2.45) is 5.11 Å². The summed E-state index contributed by atoms with van der Waals surface area (Å²) in [5.74, 6) is -0.0879. The van der Waals surface area contributed by atoms with Gasteiger partial charge in [-0.3, -0.25) is 10.1 Å². The molecule has 0 N–H and O–H groups in total. The lowest BCUT2D eigenvalue weighted by molar-refractivity contribution is -0.384. The largest absolute Gasteiger partial charge is 0.456 e. The van der Waals surface area contributed by atoms with E-state index in [0.717, 1.165) is 24.3 Å². The molecule has 0 spiro atoms. The molecule has 0 atom stereocenters. The number of alkyl halides is 3. The molecule has 24 heavy (non-hydrogen) atoms. The van der Waals surface area contributed by atoms with E-state index in [1.165, 1.54) is 6.07 Å². The number of azide groups is 1. The van der Waals surface area contributed by atoms with Gasteiger partial charge in [-0.05, 0) is 35.9 Å². The highest BCUT2D eigenvalue weighted by Gasteiger charge is 2.31. The molecule has 0 bridgehead atoms. The number of ether oxygens (including phenoxy) is 1. The SMILES string of the molecule is [N-]=[N+]=Nc1cc(Oc2ccc(C(F)(F)F)cc2Cl)ccc1[N+](=O)[O-]. The Balaban J connectivity index is 2.36. The predicted octanol–water partition coefficient (Wildman–Crippen LogP) is 6.00. The average molecular weight is 359 g/mol. The standard InChI is InChI=1S/C13H6ClF3N4O3/c14-9-5-7(13(15,16)17)1-4-12(9)24-8-2-3-11(21(22)23)10(6-8)19-20-18/h1-6H. The van der Waals surface area contributed by atoms with E-state index < -0.39 is 22.4 Å². The summed E-state index contributed by atoms with van der Waals surface area (Å²) in [5.41, 5.74) is 6.73. The molecular formula is C13H6ClF3N4O3. The number of halogens is 4. The molecule has 0 heterocycles. The fourth-order valence-corrected chi connectivity index (χ4v) is 1.96. The van der Waals surface area contributed by atoms with Gasteiger partial charge in [0.15, 0.2) is 0 Å². The second-order valence-electron chi connectivity index (χ2n) is 4.34. The second-order valence-corrected chi connectivity index (χ2v) is 4.75. The van der Waals surface area contributed by atoms with Gasteiger partial charge < -0.3 is 4.74 Å². The van der Waals surface area contributed by atoms with Crippen molar-refractivity contribution < 1.29 is 22.8 Å². The van der Waals surface area contributed by atoms with E-state index in [2.05, 4.69) is 10.0 Å². The molecule has 0 aliphatic rings. The van der Waals surface area contributed by atoms with Gasteiger partial charge in [-0.25, -0.2) is 0 Å². The van der Waals surface area contributed by atoms with Crippen LogP contribution >= 0.6 is 11.6 Å². The molecule has 2 aromatic rings. The van der Waals surface area contributed by atoms with Crippen LogP contribution in [0.2, 0.25) is 5.02 Å². The van der Waals surface area contributed by atoms with Crippen LogP contribution in [0.4, 0.5) is 24.5 Å². The van der Waals surface area contributed by atoms with Crippen molar-refractivity contribution in [1.29, 1.82) is 0 Å². The van der Waals surface area contributed by atoms with Gasteiger partial charge in [-0.2, -0.15) is 13.2 Å².